The van der Waals surface area contributed by atoms with E-state index in [9.17, 15) is 4.79 Å². The number of carbonyl (C=O) groups is 1. The van der Waals surface area contributed by atoms with Crippen molar-refractivity contribution >= 4 is 5.91 Å². The number of aromatic nitrogens is 3. The second-order valence-electron chi connectivity index (χ2n) is 4.31. The molecule has 6 nitrogen and oxygen atoms in total. The fourth-order valence-electron chi connectivity index (χ4n) is 2.10. The zero-order valence-electron chi connectivity index (χ0n) is 9.68. The maximum atomic E-state index is 12.0. The van der Waals surface area contributed by atoms with Crippen molar-refractivity contribution < 1.29 is 4.79 Å². The molecule has 0 aliphatic carbocycles. The number of aromatic amines is 1. The number of carbonyl (C=O) groups excluding carboxylic acids is 1. The number of nitrogens with zero attached hydrogens (tertiary/aromatic N) is 4. The molecule has 88 valence electrons. The average Bonchev–Trinajstić information content (AvgIpc) is 2.80. The van der Waals surface area contributed by atoms with Gasteiger partial charge in [0.2, 0.25) is 5.82 Å². The van der Waals surface area contributed by atoms with Crippen molar-refractivity contribution in [2.24, 2.45) is 0 Å². The Morgan fingerprint density at radius 2 is 2.50 bits per heavy atom. The highest BCUT2D eigenvalue weighted by Crippen LogP contribution is 2.14. The van der Waals surface area contributed by atoms with E-state index in [1.807, 2.05) is 7.05 Å². The van der Waals surface area contributed by atoms with Crippen molar-refractivity contribution in [3.63, 3.8) is 0 Å². The van der Waals surface area contributed by atoms with Crippen LogP contribution in [0, 0.1) is 0 Å². The van der Waals surface area contributed by atoms with Crippen LogP contribution in [0.1, 0.15) is 23.5 Å². The highest BCUT2D eigenvalue weighted by Gasteiger charge is 2.26. The minimum atomic E-state index is -0.0854. The van der Waals surface area contributed by atoms with Gasteiger partial charge in [-0.3, -0.25) is 9.89 Å². The first-order valence-corrected chi connectivity index (χ1v) is 5.49. The molecule has 1 aromatic rings. The van der Waals surface area contributed by atoms with Crippen molar-refractivity contribution in [1.82, 2.24) is 25.0 Å². The molecule has 0 bridgehead atoms. The summed E-state index contributed by atoms with van der Waals surface area (Å²) in [6.45, 7) is 2.04. The smallest absolute Gasteiger partial charge is 0.291 e. The Kier molecular flexibility index (Phi) is 3.19. The Morgan fingerprint density at radius 1 is 1.69 bits per heavy atom. The quantitative estimate of drug-likeness (QED) is 0.764. The van der Waals surface area contributed by atoms with Crippen molar-refractivity contribution in [1.29, 1.82) is 0 Å². The molecule has 6 heteroatoms. The van der Waals surface area contributed by atoms with Crippen LogP contribution in [0.15, 0.2) is 6.33 Å². The molecule has 2 heterocycles. The zero-order valence-corrected chi connectivity index (χ0v) is 9.68. The van der Waals surface area contributed by atoms with E-state index < -0.39 is 0 Å². The number of hydrogen-bond donors (Lipinski definition) is 1. The lowest BCUT2D eigenvalue weighted by Crippen LogP contribution is -2.47. The summed E-state index contributed by atoms with van der Waals surface area (Å²) in [5.74, 6) is 0.230. The molecule has 1 atom stereocenters. The van der Waals surface area contributed by atoms with Gasteiger partial charge in [0.25, 0.3) is 5.91 Å². The fourth-order valence-corrected chi connectivity index (χ4v) is 2.10. The fraction of sp³-hybridized carbons (Fsp3) is 0.700. The molecule has 16 heavy (non-hydrogen) atoms. The average molecular weight is 223 g/mol. The second-order valence-corrected chi connectivity index (χ2v) is 4.31. The third-order valence-electron chi connectivity index (χ3n) is 3.09. The van der Waals surface area contributed by atoms with E-state index in [0.29, 0.717) is 5.82 Å². The number of rotatable bonds is 2. The molecule has 0 spiro atoms. The van der Waals surface area contributed by atoms with E-state index >= 15 is 0 Å². The molecule has 1 saturated heterocycles. The van der Waals surface area contributed by atoms with Crippen LogP contribution < -0.4 is 0 Å². The molecule has 1 unspecified atom stereocenters. The summed E-state index contributed by atoms with van der Waals surface area (Å²) in [5.41, 5.74) is 0. The second kappa shape index (κ2) is 4.61. The third-order valence-corrected chi connectivity index (χ3v) is 3.09. The summed E-state index contributed by atoms with van der Waals surface area (Å²) in [5, 5.41) is 6.29. The van der Waals surface area contributed by atoms with Gasteiger partial charge in [0.1, 0.15) is 6.33 Å². The minimum absolute atomic E-state index is 0.0854. The number of nitrogens with one attached hydrogen (secondary N) is 1. The normalized spacial score (nSPS) is 22.0. The molecule has 0 saturated carbocycles. The number of H-pyrrole nitrogens is 1. The lowest BCUT2D eigenvalue weighted by Gasteiger charge is -2.35. The summed E-state index contributed by atoms with van der Waals surface area (Å²) in [6, 6.07) is 0.274. The molecule has 2 rings (SSSR count). The van der Waals surface area contributed by atoms with Gasteiger partial charge in [-0.25, -0.2) is 4.98 Å². The first kappa shape index (κ1) is 11.1. The summed E-state index contributed by atoms with van der Waals surface area (Å²) < 4.78 is 0. The number of hydrogen-bond acceptors (Lipinski definition) is 4. The van der Waals surface area contributed by atoms with Crippen LogP contribution in [0.4, 0.5) is 0 Å². The van der Waals surface area contributed by atoms with E-state index in [4.69, 9.17) is 0 Å². The molecular formula is C10H17N5O. The Bertz CT molecular complexity index is 350. The molecule has 1 fully saturated rings. The third kappa shape index (κ3) is 2.21. The molecule has 0 radical (unpaired) electrons. The molecular weight excluding hydrogens is 206 g/mol. The first-order chi connectivity index (χ1) is 7.68. The Hall–Kier alpha value is -1.43. The van der Waals surface area contributed by atoms with Crippen LogP contribution in [0.5, 0.6) is 0 Å². The van der Waals surface area contributed by atoms with Gasteiger partial charge in [-0.15, -0.1) is 0 Å². The lowest BCUT2D eigenvalue weighted by atomic mass is 10.1. The Labute approximate surface area is 94.6 Å². The van der Waals surface area contributed by atoms with Crippen LogP contribution >= 0.6 is 0 Å². The van der Waals surface area contributed by atoms with Crippen molar-refractivity contribution in [3.05, 3.63) is 12.2 Å². The zero-order chi connectivity index (χ0) is 11.5. The van der Waals surface area contributed by atoms with E-state index in [1.54, 1.807) is 4.90 Å². The van der Waals surface area contributed by atoms with Crippen LogP contribution in [0.2, 0.25) is 0 Å². The summed E-state index contributed by atoms with van der Waals surface area (Å²) in [4.78, 5) is 19.9. The van der Waals surface area contributed by atoms with Gasteiger partial charge in [0, 0.05) is 19.6 Å². The van der Waals surface area contributed by atoms with E-state index in [-0.39, 0.29) is 11.9 Å². The maximum absolute atomic E-state index is 12.0. The Morgan fingerprint density at radius 3 is 3.12 bits per heavy atom. The van der Waals surface area contributed by atoms with Gasteiger partial charge in [-0.1, -0.05) is 0 Å². The van der Waals surface area contributed by atoms with Crippen molar-refractivity contribution in [3.8, 4) is 0 Å². The van der Waals surface area contributed by atoms with Crippen molar-refractivity contribution in [2.75, 3.05) is 27.2 Å². The largest absolute Gasteiger partial charge is 0.335 e. The number of piperidine rings is 1. The monoisotopic (exact) mass is 223 g/mol. The molecule has 1 aliphatic rings. The first-order valence-electron chi connectivity index (χ1n) is 5.49. The predicted octanol–water partition coefficient (Wildman–Crippen LogP) is -0.0291. The summed E-state index contributed by atoms with van der Waals surface area (Å²) in [6.07, 6.45) is 3.55. The lowest BCUT2D eigenvalue weighted by molar-refractivity contribution is 0.0632. The van der Waals surface area contributed by atoms with Crippen LogP contribution in [0.25, 0.3) is 0 Å². The minimum Gasteiger partial charge on any atom is -0.335 e. The van der Waals surface area contributed by atoms with Gasteiger partial charge in [0.15, 0.2) is 0 Å². The van der Waals surface area contributed by atoms with Crippen LogP contribution in [-0.2, 0) is 0 Å². The maximum Gasteiger partial charge on any atom is 0.291 e. The molecule has 0 aromatic carbocycles. The molecule has 1 aromatic heterocycles. The van der Waals surface area contributed by atoms with Crippen LogP contribution in [0.3, 0.4) is 0 Å². The van der Waals surface area contributed by atoms with Gasteiger partial charge in [-0.05, 0) is 26.4 Å². The van der Waals surface area contributed by atoms with Gasteiger partial charge >= 0.3 is 0 Å². The number of amides is 1. The van der Waals surface area contributed by atoms with E-state index in [0.717, 1.165) is 25.9 Å². The van der Waals surface area contributed by atoms with E-state index in [1.165, 1.54) is 6.33 Å². The molecule has 1 N–H and O–H groups in total. The molecule has 1 aliphatic heterocycles. The highest BCUT2D eigenvalue weighted by molar-refractivity contribution is 5.90. The SMILES string of the molecule is CN1CCCC(N(C)C(=O)c2ncn[nH]2)C1. The summed E-state index contributed by atoms with van der Waals surface area (Å²) in [7, 11) is 3.91. The summed E-state index contributed by atoms with van der Waals surface area (Å²) >= 11 is 0. The predicted molar refractivity (Wildman–Crippen MR) is 59.0 cm³/mol. The van der Waals surface area contributed by atoms with Crippen LogP contribution in [-0.4, -0.2) is 64.1 Å². The number of likely N-dealkylation sites (N-methyl/N-ethyl adjacent to an activating group) is 2. The van der Waals surface area contributed by atoms with E-state index in [2.05, 4.69) is 27.1 Å². The standard InChI is InChI=1S/C10H17N5O/c1-14-5-3-4-8(6-14)15(2)10(16)9-11-7-12-13-9/h7-8H,3-6H2,1-2H3,(H,11,12,13). The molecule has 1 amide bonds. The van der Waals surface area contributed by atoms with Crippen molar-refractivity contribution in [2.45, 2.75) is 18.9 Å². The van der Waals surface area contributed by atoms with Gasteiger partial charge in [0.05, 0.1) is 0 Å². The topological polar surface area (TPSA) is 65.1 Å². The van der Waals surface area contributed by atoms with Gasteiger partial charge in [-0.2, -0.15) is 5.10 Å². The van der Waals surface area contributed by atoms with Gasteiger partial charge < -0.3 is 9.80 Å². The highest BCUT2D eigenvalue weighted by atomic mass is 16.2. The Balaban J connectivity index is 2.01. The number of likely N-dealkylation sites (tertiary alicyclic amines) is 1.